The average molecular weight is 515 g/mol. The van der Waals surface area contributed by atoms with Crippen LogP contribution in [-0.2, 0) is 17.6 Å². The number of aryl methyl sites for hydroxylation is 2. The van der Waals surface area contributed by atoms with E-state index >= 15 is 0 Å². The van der Waals surface area contributed by atoms with Crippen LogP contribution in [0.1, 0.15) is 46.3 Å². The summed E-state index contributed by atoms with van der Waals surface area (Å²) in [5.74, 6) is 1.16. The zero-order valence-corrected chi connectivity index (χ0v) is 21.3. The summed E-state index contributed by atoms with van der Waals surface area (Å²) in [5.41, 5.74) is 4.43. The summed E-state index contributed by atoms with van der Waals surface area (Å²) in [4.78, 5) is 22.8. The average Bonchev–Trinajstić information content (AvgIpc) is 3.57. The molecule has 1 amide bonds. The third-order valence-corrected chi connectivity index (χ3v) is 7.97. The molecule has 1 aliphatic rings. The third-order valence-electron chi connectivity index (χ3n) is 6.38. The van der Waals surface area contributed by atoms with Gasteiger partial charge in [-0.15, -0.1) is 21.5 Å². The summed E-state index contributed by atoms with van der Waals surface area (Å²) in [6.45, 7) is 4.04. The van der Waals surface area contributed by atoms with Crippen LogP contribution in [0.2, 0.25) is 5.02 Å². The smallest absolute Gasteiger partial charge is 0.226 e. The summed E-state index contributed by atoms with van der Waals surface area (Å²) in [5, 5.41) is 14.5. The number of carbonyl (C=O) groups excluding carboxylic acids is 1. The Kier molecular flexibility index (Phi) is 5.70. The molecule has 2 N–H and O–H groups in total. The quantitative estimate of drug-likeness (QED) is 0.322. The largest absolute Gasteiger partial charge is 0.361 e. The van der Waals surface area contributed by atoms with Crippen molar-refractivity contribution in [1.82, 2.24) is 25.1 Å². The molecule has 4 heterocycles. The fourth-order valence-corrected chi connectivity index (χ4v) is 6.00. The highest BCUT2D eigenvalue weighted by Crippen LogP contribution is 2.37. The van der Waals surface area contributed by atoms with E-state index in [1.165, 1.54) is 4.88 Å². The molecule has 1 aliphatic heterocycles. The Morgan fingerprint density at radius 3 is 2.78 bits per heavy atom. The predicted octanol–water partition coefficient (Wildman–Crippen LogP) is 5.54. The zero-order valence-electron chi connectivity index (χ0n) is 19.7. The van der Waals surface area contributed by atoms with Gasteiger partial charge in [0.1, 0.15) is 10.8 Å². The van der Waals surface area contributed by atoms with Crippen LogP contribution >= 0.6 is 22.9 Å². The zero-order chi connectivity index (χ0) is 24.8. The van der Waals surface area contributed by atoms with E-state index in [4.69, 9.17) is 16.6 Å². The van der Waals surface area contributed by atoms with Gasteiger partial charge in [-0.25, -0.2) is 0 Å². The second-order valence-corrected chi connectivity index (χ2v) is 10.2. The number of aromatic amines is 1. The predicted molar refractivity (Wildman–Crippen MR) is 143 cm³/mol. The lowest BCUT2D eigenvalue weighted by Gasteiger charge is -2.15. The molecule has 0 saturated heterocycles. The highest BCUT2D eigenvalue weighted by atomic mass is 35.5. The van der Waals surface area contributed by atoms with Crippen molar-refractivity contribution >= 4 is 45.5 Å². The Hall–Kier alpha value is -3.75. The lowest BCUT2D eigenvalue weighted by atomic mass is 10.0. The van der Waals surface area contributed by atoms with Crippen molar-refractivity contribution < 1.29 is 4.79 Å². The summed E-state index contributed by atoms with van der Waals surface area (Å²) in [6, 6.07) is 17.8. The van der Waals surface area contributed by atoms with Gasteiger partial charge in [0.2, 0.25) is 5.91 Å². The first-order valence-electron chi connectivity index (χ1n) is 11.8. The molecule has 5 aromatic rings. The molecule has 6 rings (SSSR count). The lowest BCUT2D eigenvalue weighted by Crippen LogP contribution is -2.30. The molecule has 0 aliphatic carbocycles. The Balaban J connectivity index is 1.44. The molecular weight excluding hydrogens is 492 g/mol. The number of H-pyrrole nitrogens is 1. The van der Waals surface area contributed by atoms with E-state index in [9.17, 15) is 4.79 Å². The first-order chi connectivity index (χ1) is 17.5. The van der Waals surface area contributed by atoms with Crippen LogP contribution in [0.3, 0.4) is 0 Å². The molecule has 9 heteroatoms. The number of para-hydroxylation sites is 1. The fourth-order valence-electron chi connectivity index (χ4n) is 4.62. The highest BCUT2D eigenvalue weighted by molar-refractivity contribution is 7.15. The summed E-state index contributed by atoms with van der Waals surface area (Å²) in [6.07, 6.45) is 2.27. The van der Waals surface area contributed by atoms with Crippen LogP contribution < -0.4 is 5.32 Å². The molecule has 0 fully saturated rings. The van der Waals surface area contributed by atoms with Gasteiger partial charge in [-0.3, -0.25) is 14.4 Å². The molecule has 0 saturated carbocycles. The normalized spacial score (nSPS) is 14.8. The molecule has 0 spiro atoms. The Morgan fingerprint density at radius 1 is 1.14 bits per heavy atom. The number of carbonyl (C=O) groups is 1. The van der Waals surface area contributed by atoms with Gasteiger partial charge >= 0.3 is 0 Å². The number of halogens is 1. The van der Waals surface area contributed by atoms with Crippen molar-refractivity contribution in [3.05, 3.63) is 99.0 Å². The highest BCUT2D eigenvalue weighted by Gasteiger charge is 2.31. The van der Waals surface area contributed by atoms with Crippen molar-refractivity contribution in [2.24, 2.45) is 4.99 Å². The monoisotopic (exact) mass is 514 g/mol. The minimum Gasteiger partial charge on any atom is -0.361 e. The van der Waals surface area contributed by atoms with E-state index in [1.807, 2.05) is 66.2 Å². The van der Waals surface area contributed by atoms with Gasteiger partial charge in [0.05, 0.1) is 12.1 Å². The third kappa shape index (κ3) is 3.83. The van der Waals surface area contributed by atoms with Crippen molar-refractivity contribution in [3.63, 3.8) is 0 Å². The van der Waals surface area contributed by atoms with Crippen LogP contribution in [0, 0.1) is 6.92 Å². The Labute approximate surface area is 216 Å². The maximum absolute atomic E-state index is 13.3. The Bertz CT molecular complexity index is 1640. The Morgan fingerprint density at radius 2 is 1.94 bits per heavy atom. The van der Waals surface area contributed by atoms with Crippen LogP contribution in [0.4, 0.5) is 0 Å². The molecule has 180 valence electrons. The number of aromatic nitrogens is 4. The van der Waals surface area contributed by atoms with Gasteiger partial charge in [-0.1, -0.05) is 54.9 Å². The van der Waals surface area contributed by atoms with Crippen LogP contribution in [0.15, 0.2) is 65.8 Å². The molecule has 3 aromatic heterocycles. The molecule has 1 atom stereocenters. The van der Waals surface area contributed by atoms with Crippen molar-refractivity contribution in [1.29, 1.82) is 0 Å². The van der Waals surface area contributed by atoms with Crippen LogP contribution in [0.5, 0.6) is 0 Å². The SMILES string of the molecule is CCc1cc2c(s1)-n1c(C)nnc1C(NC(=O)Cc1c[nH]c3ccccc13)N=C2c1ccccc1Cl. The minimum absolute atomic E-state index is 0.154. The number of rotatable bonds is 5. The second kappa shape index (κ2) is 9.04. The van der Waals surface area contributed by atoms with E-state index in [0.717, 1.165) is 50.6 Å². The number of hydrogen-bond donors (Lipinski definition) is 2. The van der Waals surface area contributed by atoms with Gasteiger partial charge in [0, 0.05) is 38.1 Å². The van der Waals surface area contributed by atoms with Gasteiger partial charge in [-0.2, -0.15) is 0 Å². The number of benzene rings is 2. The van der Waals surface area contributed by atoms with E-state index < -0.39 is 6.17 Å². The molecule has 2 aromatic carbocycles. The topological polar surface area (TPSA) is 88.0 Å². The second-order valence-electron chi connectivity index (χ2n) is 8.69. The molecule has 36 heavy (non-hydrogen) atoms. The number of amides is 1. The number of nitrogens with one attached hydrogen (secondary N) is 2. The summed E-state index contributed by atoms with van der Waals surface area (Å²) in [7, 11) is 0. The molecular formula is C27H23ClN6OS. The van der Waals surface area contributed by atoms with E-state index in [1.54, 1.807) is 11.3 Å². The van der Waals surface area contributed by atoms with E-state index in [-0.39, 0.29) is 12.3 Å². The van der Waals surface area contributed by atoms with Gasteiger partial charge < -0.3 is 10.3 Å². The number of aliphatic imine (C=N–C) groups is 1. The molecule has 0 radical (unpaired) electrons. The standard InChI is InChI=1S/C27H23ClN6OS/c1-3-17-13-20-24(19-9-4-6-10-21(19)28)31-25(26-33-32-15(2)34(26)27(20)36-17)30-23(35)12-16-14-29-22-11-7-5-8-18(16)22/h4-11,13-14,25,29H,3,12H2,1-2H3,(H,30,35). The van der Waals surface area contributed by atoms with Gasteiger partial charge in [0.25, 0.3) is 0 Å². The maximum atomic E-state index is 13.3. The van der Waals surface area contributed by atoms with Crippen molar-refractivity contribution in [2.45, 2.75) is 32.9 Å². The van der Waals surface area contributed by atoms with E-state index in [2.05, 4.69) is 33.5 Å². The van der Waals surface area contributed by atoms with Crippen LogP contribution in [0.25, 0.3) is 15.9 Å². The van der Waals surface area contributed by atoms with Gasteiger partial charge in [-0.05, 0) is 37.1 Å². The molecule has 0 bridgehead atoms. The summed E-state index contributed by atoms with van der Waals surface area (Å²) < 4.78 is 2.00. The van der Waals surface area contributed by atoms with Crippen LogP contribution in [-0.4, -0.2) is 31.4 Å². The van der Waals surface area contributed by atoms with Crippen molar-refractivity contribution in [2.75, 3.05) is 0 Å². The lowest BCUT2D eigenvalue weighted by molar-refractivity contribution is -0.121. The number of thiophene rings is 1. The number of hydrogen-bond acceptors (Lipinski definition) is 5. The fraction of sp³-hybridized carbons (Fsp3) is 0.185. The minimum atomic E-state index is -0.722. The summed E-state index contributed by atoms with van der Waals surface area (Å²) >= 11 is 8.32. The first-order valence-corrected chi connectivity index (χ1v) is 13.0. The molecule has 1 unspecified atom stereocenters. The first kappa shape index (κ1) is 22.7. The maximum Gasteiger partial charge on any atom is 0.226 e. The van der Waals surface area contributed by atoms with Crippen molar-refractivity contribution in [3.8, 4) is 5.00 Å². The number of nitrogens with zero attached hydrogens (tertiary/aromatic N) is 4. The molecule has 7 nitrogen and oxygen atoms in total. The van der Waals surface area contributed by atoms with Gasteiger partial charge in [0.15, 0.2) is 12.0 Å². The van der Waals surface area contributed by atoms with E-state index in [0.29, 0.717) is 10.8 Å². The number of fused-ring (bicyclic) bond motifs is 4.